The van der Waals surface area contributed by atoms with Gasteiger partial charge < -0.3 is 15.2 Å². The molecule has 0 aromatic heterocycles. The second kappa shape index (κ2) is 5.62. The molecule has 0 aliphatic carbocycles. The molecule has 1 rings (SSSR count). The van der Waals surface area contributed by atoms with Crippen LogP contribution in [0, 0.1) is 10.1 Å². The summed E-state index contributed by atoms with van der Waals surface area (Å²) in [5, 5.41) is 10.8. The highest BCUT2D eigenvalue weighted by Gasteiger charge is 2.22. The van der Waals surface area contributed by atoms with E-state index in [0.717, 1.165) is 6.07 Å². The first kappa shape index (κ1) is 13.4. The number of nitro benzene ring substituents is 1. The number of aldehydes is 1. The summed E-state index contributed by atoms with van der Waals surface area (Å²) in [6, 6.07) is 2.28. The Kier molecular flexibility index (Phi) is 4.19. The number of carbonyl (C=O) groups is 2. The largest absolute Gasteiger partial charge is 0.493 e. The summed E-state index contributed by atoms with van der Waals surface area (Å²) < 4.78 is 9.79. The van der Waals surface area contributed by atoms with Gasteiger partial charge in [0.15, 0.2) is 12.4 Å². The highest BCUT2D eigenvalue weighted by molar-refractivity contribution is 5.80. The van der Waals surface area contributed by atoms with Gasteiger partial charge in [-0.05, 0) is 6.07 Å². The lowest BCUT2D eigenvalue weighted by atomic mass is 10.2. The van der Waals surface area contributed by atoms with Gasteiger partial charge in [-0.2, -0.15) is 0 Å². The Hall–Kier alpha value is -2.64. The molecule has 18 heavy (non-hydrogen) atoms. The third-order valence-corrected chi connectivity index (χ3v) is 1.97. The second-order valence-corrected chi connectivity index (χ2v) is 3.20. The summed E-state index contributed by atoms with van der Waals surface area (Å²) in [5.74, 6) is -1.05. The number of hydrogen-bond acceptors (Lipinski definition) is 6. The maximum absolute atomic E-state index is 10.8. The Bertz CT molecular complexity index is 499. The maximum Gasteiger partial charge on any atom is 0.315 e. The quantitative estimate of drug-likeness (QED) is 0.442. The van der Waals surface area contributed by atoms with Crippen LogP contribution in [0.2, 0.25) is 0 Å². The number of amides is 1. The van der Waals surface area contributed by atoms with E-state index < -0.39 is 23.1 Å². The molecular weight excluding hydrogens is 244 g/mol. The third-order valence-electron chi connectivity index (χ3n) is 1.97. The molecule has 96 valence electrons. The first-order chi connectivity index (χ1) is 8.49. The first-order valence-electron chi connectivity index (χ1n) is 4.72. The molecule has 0 radical (unpaired) electrons. The van der Waals surface area contributed by atoms with E-state index >= 15 is 0 Å². The Labute approximate surface area is 101 Å². The van der Waals surface area contributed by atoms with Crippen molar-refractivity contribution in [1.82, 2.24) is 0 Å². The standard InChI is InChI=1S/C10H10N2O6/c1-17-8-3-6(4-13)2-7(12(15)16)10(8)18-5-9(11)14/h2-4H,5H2,1H3,(H2,11,14). The smallest absolute Gasteiger partial charge is 0.315 e. The Morgan fingerprint density at radius 3 is 2.67 bits per heavy atom. The van der Waals surface area contributed by atoms with Crippen LogP contribution in [0.5, 0.6) is 11.5 Å². The molecule has 0 bridgehead atoms. The number of nitrogens with two attached hydrogens (primary N) is 1. The number of rotatable bonds is 6. The fraction of sp³-hybridized carbons (Fsp3) is 0.200. The summed E-state index contributed by atoms with van der Waals surface area (Å²) in [6.45, 7) is -0.530. The molecule has 8 heteroatoms. The van der Waals surface area contributed by atoms with E-state index in [9.17, 15) is 19.7 Å². The summed E-state index contributed by atoms with van der Waals surface area (Å²) in [7, 11) is 1.25. The van der Waals surface area contributed by atoms with Crippen LogP contribution in [-0.2, 0) is 4.79 Å². The van der Waals surface area contributed by atoms with Crippen molar-refractivity contribution in [3.05, 3.63) is 27.8 Å². The number of primary amides is 1. The zero-order valence-corrected chi connectivity index (χ0v) is 9.41. The average Bonchev–Trinajstić information content (AvgIpc) is 2.34. The lowest BCUT2D eigenvalue weighted by Crippen LogP contribution is -2.20. The van der Waals surface area contributed by atoms with Gasteiger partial charge in [0.25, 0.3) is 5.91 Å². The van der Waals surface area contributed by atoms with E-state index in [-0.39, 0.29) is 17.1 Å². The number of methoxy groups -OCH3 is 1. The van der Waals surface area contributed by atoms with Crippen LogP contribution in [0.15, 0.2) is 12.1 Å². The van der Waals surface area contributed by atoms with Crippen molar-refractivity contribution in [1.29, 1.82) is 0 Å². The second-order valence-electron chi connectivity index (χ2n) is 3.20. The van der Waals surface area contributed by atoms with E-state index in [1.165, 1.54) is 13.2 Å². The minimum absolute atomic E-state index is 0.0208. The van der Waals surface area contributed by atoms with Crippen LogP contribution < -0.4 is 15.2 Å². The third kappa shape index (κ3) is 2.94. The van der Waals surface area contributed by atoms with Gasteiger partial charge in [-0.25, -0.2) is 0 Å². The maximum atomic E-state index is 10.8. The van der Waals surface area contributed by atoms with Crippen LogP contribution in [0.3, 0.4) is 0 Å². The van der Waals surface area contributed by atoms with Gasteiger partial charge in [-0.3, -0.25) is 19.7 Å². The molecule has 0 aliphatic heterocycles. The molecule has 0 heterocycles. The van der Waals surface area contributed by atoms with Gasteiger partial charge in [-0.15, -0.1) is 0 Å². The zero-order valence-electron chi connectivity index (χ0n) is 9.41. The predicted molar refractivity (Wildman–Crippen MR) is 59.7 cm³/mol. The highest BCUT2D eigenvalue weighted by Crippen LogP contribution is 2.37. The summed E-state index contributed by atoms with van der Waals surface area (Å²) in [4.78, 5) is 31.3. The topological polar surface area (TPSA) is 122 Å². The van der Waals surface area contributed by atoms with Gasteiger partial charge in [-0.1, -0.05) is 0 Å². The summed E-state index contributed by atoms with van der Waals surface area (Å²) >= 11 is 0. The average molecular weight is 254 g/mol. The van der Waals surface area contributed by atoms with Gasteiger partial charge in [0.2, 0.25) is 5.75 Å². The molecule has 1 aromatic carbocycles. The number of hydrogen-bond donors (Lipinski definition) is 1. The molecule has 1 amide bonds. The van der Waals surface area contributed by atoms with E-state index in [0.29, 0.717) is 6.29 Å². The van der Waals surface area contributed by atoms with E-state index in [2.05, 4.69) is 0 Å². The van der Waals surface area contributed by atoms with E-state index in [1.54, 1.807) is 0 Å². The fourth-order valence-electron chi connectivity index (χ4n) is 1.25. The minimum atomic E-state index is -0.786. The molecule has 1 aromatic rings. The Balaban J connectivity index is 3.29. The van der Waals surface area contributed by atoms with Gasteiger partial charge in [0.05, 0.1) is 12.0 Å². The summed E-state index contributed by atoms with van der Waals surface area (Å²) in [6.07, 6.45) is 0.438. The monoisotopic (exact) mass is 254 g/mol. The Morgan fingerprint density at radius 2 is 2.22 bits per heavy atom. The van der Waals surface area contributed by atoms with Crippen LogP contribution in [0.1, 0.15) is 10.4 Å². The van der Waals surface area contributed by atoms with Crippen molar-refractivity contribution in [2.24, 2.45) is 5.73 Å². The number of nitrogens with zero attached hydrogens (tertiary/aromatic N) is 1. The van der Waals surface area contributed by atoms with Gasteiger partial charge in [0, 0.05) is 11.6 Å². The molecular formula is C10H10N2O6. The normalized spacial score (nSPS) is 9.61. The highest BCUT2D eigenvalue weighted by atomic mass is 16.6. The number of benzene rings is 1. The SMILES string of the molecule is COc1cc(C=O)cc([N+](=O)[O-])c1OCC(N)=O. The first-order valence-corrected chi connectivity index (χ1v) is 4.72. The van der Waals surface area contributed by atoms with Crippen molar-refractivity contribution in [3.63, 3.8) is 0 Å². The fourth-order valence-corrected chi connectivity index (χ4v) is 1.25. The van der Waals surface area contributed by atoms with Crippen LogP contribution in [-0.4, -0.2) is 30.8 Å². The van der Waals surface area contributed by atoms with Crippen LogP contribution >= 0.6 is 0 Å². The van der Waals surface area contributed by atoms with Crippen LogP contribution in [0.25, 0.3) is 0 Å². The van der Waals surface area contributed by atoms with Gasteiger partial charge in [0.1, 0.15) is 6.29 Å². The lowest BCUT2D eigenvalue weighted by Gasteiger charge is -2.10. The molecule has 0 atom stereocenters. The van der Waals surface area contributed by atoms with Crippen molar-refractivity contribution in [3.8, 4) is 11.5 Å². The predicted octanol–water partition coefficient (Wildman–Crippen LogP) is 0.280. The van der Waals surface area contributed by atoms with Crippen molar-refractivity contribution in [2.75, 3.05) is 13.7 Å². The molecule has 0 saturated carbocycles. The molecule has 0 spiro atoms. The number of ether oxygens (including phenoxy) is 2. The van der Waals surface area contributed by atoms with Gasteiger partial charge >= 0.3 is 5.69 Å². The molecule has 0 fully saturated rings. The Morgan fingerprint density at radius 1 is 1.56 bits per heavy atom. The molecule has 0 aliphatic rings. The molecule has 0 unspecified atom stereocenters. The van der Waals surface area contributed by atoms with Crippen LogP contribution in [0.4, 0.5) is 5.69 Å². The molecule has 2 N–H and O–H groups in total. The van der Waals surface area contributed by atoms with E-state index in [1.807, 2.05) is 0 Å². The van der Waals surface area contributed by atoms with Crippen molar-refractivity contribution in [2.45, 2.75) is 0 Å². The van der Waals surface area contributed by atoms with Crippen molar-refractivity contribution >= 4 is 17.9 Å². The lowest BCUT2D eigenvalue weighted by molar-refractivity contribution is -0.385. The number of carbonyl (C=O) groups excluding carboxylic acids is 2. The van der Waals surface area contributed by atoms with Crippen molar-refractivity contribution < 1.29 is 24.0 Å². The molecule has 0 saturated heterocycles. The zero-order chi connectivity index (χ0) is 13.7. The van der Waals surface area contributed by atoms with E-state index in [4.69, 9.17) is 15.2 Å². The number of nitro groups is 1. The summed E-state index contributed by atoms with van der Waals surface area (Å²) in [5.41, 5.74) is 4.47. The molecule has 8 nitrogen and oxygen atoms in total. The minimum Gasteiger partial charge on any atom is -0.493 e.